The molecular weight excluding hydrogens is 258 g/mol. The van der Waals surface area contributed by atoms with Crippen LogP contribution in [0.3, 0.4) is 0 Å². The molecule has 1 unspecified atom stereocenters. The number of carboxylic acids is 1. The summed E-state index contributed by atoms with van der Waals surface area (Å²) in [6.07, 6.45) is 5.90. The highest BCUT2D eigenvalue weighted by atomic mass is 16.5. The van der Waals surface area contributed by atoms with E-state index in [1.54, 1.807) is 0 Å². The van der Waals surface area contributed by atoms with E-state index < -0.39 is 5.97 Å². The van der Waals surface area contributed by atoms with Gasteiger partial charge in [-0.2, -0.15) is 0 Å². The number of piperidine rings is 1. The number of carboxylic acid groups (broad SMARTS) is 1. The highest BCUT2D eigenvalue weighted by Crippen LogP contribution is 2.28. The summed E-state index contributed by atoms with van der Waals surface area (Å²) in [7, 11) is 0. The first-order chi connectivity index (χ1) is 9.65. The lowest BCUT2D eigenvalue weighted by atomic mass is 9.93. The first-order valence-corrected chi connectivity index (χ1v) is 7.72. The zero-order valence-electron chi connectivity index (χ0n) is 12.1. The molecular formula is C15H25NO4. The topological polar surface area (TPSA) is 66.8 Å². The molecule has 1 amide bonds. The summed E-state index contributed by atoms with van der Waals surface area (Å²) in [5.41, 5.74) is 0. The number of likely N-dealkylation sites (tertiary alicyclic amines) is 1. The third kappa shape index (κ3) is 5.49. The Morgan fingerprint density at radius 2 is 1.95 bits per heavy atom. The Kier molecular flexibility index (Phi) is 5.83. The summed E-state index contributed by atoms with van der Waals surface area (Å²) in [4.78, 5) is 24.6. The molecule has 0 aromatic heterocycles. The lowest BCUT2D eigenvalue weighted by Gasteiger charge is -2.32. The summed E-state index contributed by atoms with van der Waals surface area (Å²) in [5.74, 6) is 0.486. The van der Waals surface area contributed by atoms with Crippen LogP contribution >= 0.6 is 0 Å². The van der Waals surface area contributed by atoms with Crippen LogP contribution in [-0.4, -0.2) is 48.2 Å². The average molecular weight is 283 g/mol. The highest BCUT2D eigenvalue weighted by molar-refractivity contribution is 5.76. The zero-order chi connectivity index (χ0) is 14.4. The van der Waals surface area contributed by atoms with Gasteiger partial charge in [-0.15, -0.1) is 0 Å². The molecule has 2 rings (SSSR count). The molecule has 114 valence electrons. The third-order valence-corrected chi connectivity index (χ3v) is 4.15. The normalized spacial score (nSPS) is 22.8. The van der Waals surface area contributed by atoms with Gasteiger partial charge in [-0.05, 0) is 43.9 Å². The molecule has 20 heavy (non-hydrogen) atoms. The zero-order valence-corrected chi connectivity index (χ0v) is 12.1. The van der Waals surface area contributed by atoms with Gasteiger partial charge in [0.15, 0.2) is 0 Å². The van der Waals surface area contributed by atoms with Crippen molar-refractivity contribution in [1.29, 1.82) is 0 Å². The highest BCUT2D eigenvalue weighted by Gasteiger charge is 2.24. The number of amides is 1. The minimum absolute atomic E-state index is 0.154. The smallest absolute Gasteiger partial charge is 0.303 e. The molecule has 0 radical (unpaired) electrons. The van der Waals surface area contributed by atoms with Crippen LogP contribution in [0.15, 0.2) is 0 Å². The third-order valence-electron chi connectivity index (χ3n) is 4.15. The van der Waals surface area contributed by atoms with E-state index in [1.165, 1.54) is 12.8 Å². The summed E-state index contributed by atoms with van der Waals surface area (Å²) in [6, 6.07) is 0. The Bertz CT molecular complexity index is 341. The van der Waals surface area contributed by atoms with Crippen molar-refractivity contribution in [2.45, 2.75) is 44.9 Å². The molecule has 1 N–H and O–H groups in total. The standard InChI is InChI=1S/C15H25NO4/c17-14(7-9-20-11-13-3-4-13)16-8-1-2-12(10-16)5-6-15(18)19/h12-13H,1-11H2,(H,18,19). The number of nitrogens with zero attached hydrogens (tertiary/aromatic N) is 1. The van der Waals surface area contributed by atoms with Crippen LogP contribution in [0.1, 0.15) is 44.9 Å². The van der Waals surface area contributed by atoms with Crippen LogP contribution in [0.4, 0.5) is 0 Å². The lowest BCUT2D eigenvalue weighted by Crippen LogP contribution is -2.40. The Morgan fingerprint density at radius 1 is 1.15 bits per heavy atom. The monoisotopic (exact) mass is 283 g/mol. The van der Waals surface area contributed by atoms with Gasteiger partial charge in [0, 0.05) is 26.1 Å². The van der Waals surface area contributed by atoms with Gasteiger partial charge in [0.1, 0.15) is 0 Å². The number of aliphatic carboxylic acids is 1. The largest absolute Gasteiger partial charge is 0.481 e. The van der Waals surface area contributed by atoms with Crippen molar-refractivity contribution in [2.24, 2.45) is 11.8 Å². The number of ether oxygens (including phenoxy) is 1. The molecule has 1 saturated heterocycles. The minimum atomic E-state index is -0.748. The van der Waals surface area contributed by atoms with Gasteiger partial charge in [0.05, 0.1) is 13.0 Å². The molecule has 0 aromatic carbocycles. The first kappa shape index (κ1) is 15.3. The molecule has 5 heteroatoms. The molecule has 1 aliphatic heterocycles. The van der Waals surface area contributed by atoms with Crippen molar-refractivity contribution in [1.82, 2.24) is 4.90 Å². The van der Waals surface area contributed by atoms with Crippen LogP contribution in [0.2, 0.25) is 0 Å². The van der Waals surface area contributed by atoms with Crippen molar-refractivity contribution >= 4 is 11.9 Å². The van der Waals surface area contributed by atoms with Gasteiger partial charge in [-0.3, -0.25) is 9.59 Å². The maximum Gasteiger partial charge on any atom is 0.303 e. The van der Waals surface area contributed by atoms with Gasteiger partial charge in [-0.25, -0.2) is 0 Å². The van der Waals surface area contributed by atoms with Crippen LogP contribution in [-0.2, 0) is 14.3 Å². The van der Waals surface area contributed by atoms with Crippen LogP contribution in [0, 0.1) is 11.8 Å². The van der Waals surface area contributed by atoms with E-state index in [9.17, 15) is 9.59 Å². The van der Waals surface area contributed by atoms with Crippen molar-refractivity contribution in [3.05, 3.63) is 0 Å². The Balaban J connectivity index is 1.62. The van der Waals surface area contributed by atoms with Gasteiger partial charge in [0.2, 0.25) is 5.91 Å². The van der Waals surface area contributed by atoms with Crippen molar-refractivity contribution in [3.63, 3.8) is 0 Å². The van der Waals surface area contributed by atoms with Gasteiger partial charge in [-0.1, -0.05) is 0 Å². The lowest BCUT2D eigenvalue weighted by molar-refractivity contribution is -0.137. The van der Waals surface area contributed by atoms with Gasteiger partial charge in [0.25, 0.3) is 0 Å². The minimum Gasteiger partial charge on any atom is -0.481 e. The number of hydrogen-bond acceptors (Lipinski definition) is 3. The molecule has 5 nitrogen and oxygen atoms in total. The summed E-state index contributed by atoms with van der Waals surface area (Å²) < 4.78 is 5.50. The molecule has 2 aliphatic rings. The second kappa shape index (κ2) is 7.62. The average Bonchev–Trinajstić information content (AvgIpc) is 3.25. The predicted molar refractivity (Wildman–Crippen MR) is 74.3 cm³/mol. The maximum atomic E-state index is 12.1. The van der Waals surface area contributed by atoms with Gasteiger partial charge < -0.3 is 14.7 Å². The van der Waals surface area contributed by atoms with Crippen molar-refractivity contribution in [2.75, 3.05) is 26.3 Å². The molecule has 0 spiro atoms. The van der Waals surface area contributed by atoms with Gasteiger partial charge >= 0.3 is 5.97 Å². The summed E-state index contributed by atoms with van der Waals surface area (Å²) in [5, 5.41) is 8.72. The number of hydrogen-bond donors (Lipinski definition) is 1. The molecule has 0 aromatic rings. The number of carbonyl (C=O) groups excluding carboxylic acids is 1. The number of carbonyl (C=O) groups is 2. The van der Waals surface area contributed by atoms with E-state index in [4.69, 9.17) is 9.84 Å². The summed E-state index contributed by atoms with van der Waals surface area (Å²) >= 11 is 0. The fourth-order valence-electron chi connectivity index (χ4n) is 2.71. The van der Waals surface area contributed by atoms with Crippen LogP contribution in [0.5, 0.6) is 0 Å². The van der Waals surface area contributed by atoms with Crippen LogP contribution in [0.25, 0.3) is 0 Å². The molecule has 1 atom stereocenters. The van der Waals surface area contributed by atoms with E-state index in [1.807, 2.05) is 4.90 Å². The van der Waals surface area contributed by atoms with E-state index in [2.05, 4.69) is 0 Å². The Labute approximate surface area is 120 Å². The summed E-state index contributed by atoms with van der Waals surface area (Å²) in [6.45, 7) is 2.85. The fraction of sp³-hybridized carbons (Fsp3) is 0.867. The van der Waals surface area contributed by atoms with Crippen LogP contribution < -0.4 is 0 Å². The van der Waals surface area contributed by atoms with E-state index >= 15 is 0 Å². The molecule has 1 saturated carbocycles. The Morgan fingerprint density at radius 3 is 2.65 bits per heavy atom. The molecule has 0 bridgehead atoms. The quantitative estimate of drug-likeness (QED) is 0.691. The fourth-order valence-corrected chi connectivity index (χ4v) is 2.71. The van der Waals surface area contributed by atoms with E-state index in [0.29, 0.717) is 25.4 Å². The van der Waals surface area contributed by atoms with Crippen molar-refractivity contribution in [3.8, 4) is 0 Å². The Hall–Kier alpha value is -1.10. The second-order valence-electron chi connectivity index (χ2n) is 6.05. The van der Waals surface area contributed by atoms with E-state index in [0.717, 1.165) is 38.5 Å². The second-order valence-corrected chi connectivity index (χ2v) is 6.05. The number of rotatable bonds is 8. The molecule has 1 heterocycles. The van der Waals surface area contributed by atoms with E-state index in [-0.39, 0.29) is 12.3 Å². The molecule has 1 aliphatic carbocycles. The molecule has 2 fully saturated rings. The first-order valence-electron chi connectivity index (χ1n) is 7.72. The van der Waals surface area contributed by atoms with Crippen molar-refractivity contribution < 1.29 is 19.4 Å². The predicted octanol–water partition coefficient (Wildman–Crippen LogP) is 1.91. The SMILES string of the molecule is O=C(O)CCC1CCCN(C(=O)CCOCC2CC2)C1. The maximum absolute atomic E-state index is 12.1.